The summed E-state index contributed by atoms with van der Waals surface area (Å²) in [6, 6.07) is 23.9. The van der Waals surface area contributed by atoms with E-state index in [9.17, 15) is 9.18 Å². The van der Waals surface area contributed by atoms with Gasteiger partial charge in [0, 0.05) is 17.5 Å². The SMILES string of the molecule is Cc1ccc(-c2cc(-c3nnc(SCC(=O)NCc4ccc(F)cc4)o3)c3ccccc3n2)cc1. The monoisotopic (exact) mass is 484 g/mol. The molecule has 2 heterocycles. The molecule has 1 N–H and O–H groups in total. The minimum Gasteiger partial charge on any atom is -0.411 e. The maximum absolute atomic E-state index is 13.0. The Balaban J connectivity index is 1.32. The zero-order valence-corrected chi connectivity index (χ0v) is 19.7. The predicted octanol–water partition coefficient (Wildman–Crippen LogP) is 5.81. The van der Waals surface area contributed by atoms with Gasteiger partial charge in [0.25, 0.3) is 5.22 Å². The van der Waals surface area contributed by atoms with Crippen LogP contribution >= 0.6 is 11.8 Å². The highest BCUT2D eigenvalue weighted by Crippen LogP contribution is 2.32. The Bertz CT molecular complexity index is 1480. The minimum absolute atomic E-state index is 0.120. The third-order valence-electron chi connectivity index (χ3n) is 5.43. The number of pyridine rings is 1. The van der Waals surface area contributed by atoms with Gasteiger partial charge in [-0.2, -0.15) is 0 Å². The van der Waals surface area contributed by atoms with Crippen molar-refractivity contribution in [3.8, 4) is 22.7 Å². The average molecular weight is 485 g/mol. The van der Waals surface area contributed by atoms with E-state index in [1.54, 1.807) is 12.1 Å². The van der Waals surface area contributed by atoms with Gasteiger partial charge in [0.2, 0.25) is 11.8 Å². The number of hydrogen-bond donors (Lipinski definition) is 1. The topological polar surface area (TPSA) is 80.9 Å². The number of nitrogens with one attached hydrogen (secondary N) is 1. The van der Waals surface area contributed by atoms with Crippen molar-refractivity contribution in [1.29, 1.82) is 0 Å². The molecule has 0 spiro atoms. The van der Waals surface area contributed by atoms with Gasteiger partial charge in [-0.3, -0.25) is 4.79 Å². The molecule has 0 saturated carbocycles. The second kappa shape index (κ2) is 10.1. The lowest BCUT2D eigenvalue weighted by atomic mass is 10.0. The number of para-hydroxylation sites is 1. The number of aryl methyl sites for hydroxylation is 1. The average Bonchev–Trinajstić information content (AvgIpc) is 3.36. The molecule has 0 atom stereocenters. The molecule has 0 aliphatic rings. The van der Waals surface area contributed by atoms with E-state index in [4.69, 9.17) is 9.40 Å². The Hall–Kier alpha value is -4.04. The maximum atomic E-state index is 13.0. The number of benzene rings is 3. The smallest absolute Gasteiger partial charge is 0.277 e. The fraction of sp³-hybridized carbons (Fsp3) is 0.111. The lowest BCUT2D eigenvalue weighted by Crippen LogP contribution is -2.24. The van der Waals surface area contributed by atoms with E-state index in [1.807, 2.05) is 49.4 Å². The largest absolute Gasteiger partial charge is 0.411 e. The van der Waals surface area contributed by atoms with Crippen LogP contribution in [-0.2, 0) is 11.3 Å². The number of amides is 1. The number of carbonyl (C=O) groups excluding carboxylic acids is 1. The second-order valence-corrected chi connectivity index (χ2v) is 8.93. The van der Waals surface area contributed by atoms with Crippen molar-refractivity contribution in [2.24, 2.45) is 0 Å². The summed E-state index contributed by atoms with van der Waals surface area (Å²) in [7, 11) is 0. The van der Waals surface area contributed by atoms with E-state index >= 15 is 0 Å². The molecule has 2 aromatic heterocycles. The van der Waals surface area contributed by atoms with Crippen molar-refractivity contribution >= 4 is 28.6 Å². The highest BCUT2D eigenvalue weighted by Gasteiger charge is 2.16. The molecule has 3 aromatic carbocycles. The summed E-state index contributed by atoms with van der Waals surface area (Å²) in [5.41, 5.74) is 5.41. The van der Waals surface area contributed by atoms with Crippen LogP contribution in [0.1, 0.15) is 11.1 Å². The van der Waals surface area contributed by atoms with Crippen molar-refractivity contribution in [2.75, 3.05) is 5.75 Å². The van der Waals surface area contributed by atoms with Gasteiger partial charge in [0.05, 0.1) is 22.5 Å². The molecule has 0 aliphatic carbocycles. The maximum Gasteiger partial charge on any atom is 0.277 e. The number of halogens is 1. The standard InChI is InChI=1S/C27H21FN4O2S/c1-17-6-10-19(11-7-17)24-14-22(21-4-2-3-5-23(21)30-24)26-31-32-27(34-26)35-16-25(33)29-15-18-8-12-20(28)13-9-18/h2-14H,15-16H2,1H3,(H,29,33). The molecule has 0 aliphatic heterocycles. The minimum atomic E-state index is -0.309. The highest BCUT2D eigenvalue weighted by molar-refractivity contribution is 7.99. The lowest BCUT2D eigenvalue weighted by Gasteiger charge is -2.08. The van der Waals surface area contributed by atoms with E-state index < -0.39 is 0 Å². The number of nitrogens with zero attached hydrogens (tertiary/aromatic N) is 3. The number of hydrogen-bond acceptors (Lipinski definition) is 6. The molecule has 0 fully saturated rings. The van der Waals surface area contributed by atoms with Crippen LogP contribution in [0.25, 0.3) is 33.6 Å². The van der Waals surface area contributed by atoms with Crippen LogP contribution in [0.15, 0.2) is 88.5 Å². The number of fused-ring (bicyclic) bond motifs is 1. The van der Waals surface area contributed by atoms with Crippen LogP contribution in [-0.4, -0.2) is 26.8 Å². The van der Waals surface area contributed by atoms with Crippen LogP contribution in [0.2, 0.25) is 0 Å². The fourth-order valence-corrected chi connectivity index (χ4v) is 4.18. The van der Waals surface area contributed by atoms with Gasteiger partial charge >= 0.3 is 0 Å². The first-order valence-electron chi connectivity index (χ1n) is 11.0. The van der Waals surface area contributed by atoms with Crippen molar-refractivity contribution in [2.45, 2.75) is 18.7 Å². The summed E-state index contributed by atoms with van der Waals surface area (Å²) in [6.07, 6.45) is 0. The van der Waals surface area contributed by atoms with Gasteiger partial charge in [-0.25, -0.2) is 9.37 Å². The van der Waals surface area contributed by atoms with E-state index in [0.717, 1.165) is 45.0 Å². The molecule has 0 bridgehead atoms. The van der Waals surface area contributed by atoms with E-state index in [2.05, 4.69) is 27.6 Å². The normalized spacial score (nSPS) is 11.0. The van der Waals surface area contributed by atoms with Gasteiger partial charge in [0.1, 0.15) is 5.82 Å². The summed E-state index contributed by atoms with van der Waals surface area (Å²) in [5, 5.41) is 12.4. The van der Waals surface area contributed by atoms with Crippen molar-refractivity contribution in [1.82, 2.24) is 20.5 Å². The number of thioether (sulfide) groups is 1. The Kier molecular flexibility index (Phi) is 6.54. The van der Waals surface area contributed by atoms with Crippen LogP contribution in [0.5, 0.6) is 0 Å². The van der Waals surface area contributed by atoms with Gasteiger partial charge < -0.3 is 9.73 Å². The highest BCUT2D eigenvalue weighted by atomic mass is 32.2. The molecule has 1 amide bonds. The summed E-state index contributed by atoms with van der Waals surface area (Å²) in [6.45, 7) is 2.36. The zero-order chi connectivity index (χ0) is 24.2. The van der Waals surface area contributed by atoms with E-state index in [0.29, 0.717) is 17.7 Å². The van der Waals surface area contributed by atoms with Gasteiger partial charge in [0.15, 0.2) is 0 Å². The fourth-order valence-electron chi connectivity index (χ4n) is 3.58. The van der Waals surface area contributed by atoms with Crippen molar-refractivity contribution in [3.05, 3.63) is 95.8 Å². The van der Waals surface area contributed by atoms with Gasteiger partial charge in [-0.05, 0) is 36.8 Å². The van der Waals surface area contributed by atoms with E-state index in [1.165, 1.54) is 17.7 Å². The summed E-state index contributed by atoms with van der Waals surface area (Å²) in [4.78, 5) is 17.0. The third kappa shape index (κ3) is 5.38. The Labute approximate surface area is 205 Å². The summed E-state index contributed by atoms with van der Waals surface area (Å²) in [5.74, 6) is -0.00813. The molecule has 5 aromatic rings. The molecule has 5 rings (SSSR count). The molecule has 0 saturated heterocycles. The van der Waals surface area contributed by atoms with Gasteiger partial charge in [-0.15, -0.1) is 10.2 Å². The zero-order valence-electron chi connectivity index (χ0n) is 18.9. The summed E-state index contributed by atoms with van der Waals surface area (Å²) < 4.78 is 18.9. The number of carbonyl (C=O) groups is 1. The quantitative estimate of drug-likeness (QED) is 0.294. The van der Waals surface area contributed by atoms with Crippen LogP contribution in [0.4, 0.5) is 4.39 Å². The van der Waals surface area contributed by atoms with Crippen LogP contribution < -0.4 is 5.32 Å². The first kappa shape index (κ1) is 22.7. The number of rotatable bonds is 7. The molecular formula is C27H21FN4O2S. The predicted molar refractivity (Wildman–Crippen MR) is 134 cm³/mol. The van der Waals surface area contributed by atoms with Crippen LogP contribution in [0.3, 0.4) is 0 Å². The van der Waals surface area contributed by atoms with Gasteiger partial charge in [-0.1, -0.05) is 71.9 Å². The molecule has 8 heteroatoms. The Morgan fingerprint density at radius 3 is 2.57 bits per heavy atom. The van der Waals surface area contributed by atoms with E-state index in [-0.39, 0.29) is 17.5 Å². The molecule has 174 valence electrons. The van der Waals surface area contributed by atoms with Crippen molar-refractivity contribution < 1.29 is 13.6 Å². The van der Waals surface area contributed by atoms with Crippen LogP contribution in [0, 0.1) is 12.7 Å². The lowest BCUT2D eigenvalue weighted by molar-refractivity contribution is -0.118. The molecular weight excluding hydrogens is 463 g/mol. The molecule has 0 unspecified atom stereocenters. The third-order valence-corrected chi connectivity index (χ3v) is 6.25. The Morgan fingerprint density at radius 1 is 1.00 bits per heavy atom. The first-order valence-corrected chi connectivity index (χ1v) is 12.0. The molecule has 35 heavy (non-hydrogen) atoms. The first-order chi connectivity index (χ1) is 17.0. The molecule has 6 nitrogen and oxygen atoms in total. The van der Waals surface area contributed by atoms with Crippen molar-refractivity contribution in [3.63, 3.8) is 0 Å². The summed E-state index contributed by atoms with van der Waals surface area (Å²) >= 11 is 1.16. The number of aromatic nitrogens is 3. The molecule has 0 radical (unpaired) electrons. The Morgan fingerprint density at radius 2 is 1.77 bits per heavy atom. The second-order valence-electron chi connectivity index (χ2n) is 8.00.